The fraction of sp³-hybridized carbons (Fsp3) is 0.200. The summed E-state index contributed by atoms with van der Waals surface area (Å²) < 4.78 is 11.7. The average Bonchev–Trinajstić information content (AvgIpc) is 2.86. The fourth-order valence-electron chi connectivity index (χ4n) is 5.52. The quantitative estimate of drug-likeness (QED) is 0.153. The highest BCUT2D eigenvalue weighted by Crippen LogP contribution is 2.52. The Kier molecular flexibility index (Phi) is 5.15. The molecule has 4 aromatic carbocycles. The van der Waals surface area contributed by atoms with E-state index in [0.717, 1.165) is 12.1 Å². The number of phenols is 5. The van der Waals surface area contributed by atoms with Gasteiger partial charge >= 0.3 is 0 Å². The minimum atomic E-state index is -0.768. The first-order valence-corrected chi connectivity index (χ1v) is 12.4. The standard InChI is InChI=1S/C30H24O10/c1-9-11(3)39-19-5-13-21(15(31)7-17(33)23(13)29(37)25(19)27(9)35)22-14-6-20-26(28(36)10(2)12(4)40-20)30(38)24(14)18(34)8-16(22)32/h5-9,11,31,33-34,36-38H,1-4H3. The number of benzene rings is 4. The van der Waals surface area contributed by atoms with Gasteiger partial charge < -0.3 is 39.8 Å². The number of ether oxygens (including phenoxy) is 1. The van der Waals surface area contributed by atoms with Crippen LogP contribution in [0.15, 0.2) is 33.5 Å². The summed E-state index contributed by atoms with van der Waals surface area (Å²) in [4.78, 5) is 26.5. The Morgan fingerprint density at radius 2 is 1.30 bits per heavy atom. The van der Waals surface area contributed by atoms with Gasteiger partial charge in [-0.05, 0) is 32.9 Å². The van der Waals surface area contributed by atoms with Gasteiger partial charge in [-0.15, -0.1) is 0 Å². The van der Waals surface area contributed by atoms with Crippen molar-refractivity contribution in [3.05, 3.63) is 51.4 Å². The Morgan fingerprint density at radius 3 is 2.00 bits per heavy atom. The normalized spacial score (nSPS) is 16.9. The van der Waals surface area contributed by atoms with E-state index in [4.69, 9.17) is 9.15 Å². The zero-order chi connectivity index (χ0) is 28.9. The van der Waals surface area contributed by atoms with Crippen LogP contribution in [0.5, 0.6) is 40.2 Å². The van der Waals surface area contributed by atoms with Crippen LogP contribution in [0.3, 0.4) is 0 Å². The van der Waals surface area contributed by atoms with E-state index in [0.29, 0.717) is 11.3 Å². The number of aryl methyl sites for hydroxylation is 1. The van der Waals surface area contributed by atoms with Gasteiger partial charge in [0.15, 0.2) is 11.2 Å². The van der Waals surface area contributed by atoms with E-state index in [1.54, 1.807) is 27.7 Å². The van der Waals surface area contributed by atoms with Crippen LogP contribution in [0.1, 0.15) is 35.5 Å². The van der Waals surface area contributed by atoms with E-state index in [1.807, 2.05) is 0 Å². The third-order valence-corrected chi connectivity index (χ3v) is 7.93. The zero-order valence-electron chi connectivity index (χ0n) is 21.8. The van der Waals surface area contributed by atoms with Gasteiger partial charge in [0.1, 0.15) is 68.6 Å². The van der Waals surface area contributed by atoms with Gasteiger partial charge in [0.25, 0.3) is 0 Å². The number of rotatable bonds is 1. The number of hydrogen-bond donors (Lipinski definition) is 6. The molecule has 1 aliphatic heterocycles. The maximum absolute atomic E-state index is 13.4. The van der Waals surface area contributed by atoms with E-state index in [9.17, 15) is 40.2 Å². The highest BCUT2D eigenvalue weighted by molar-refractivity contribution is 6.19. The van der Waals surface area contributed by atoms with Crippen LogP contribution in [0.25, 0.3) is 43.6 Å². The van der Waals surface area contributed by atoms with Crippen LogP contribution >= 0.6 is 0 Å². The van der Waals surface area contributed by atoms with Gasteiger partial charge in [0, 0.05) is 39.6 Å². The first-order valence-electron chi connectivity index (χ1n) is 12.4. The summed E-state index contributed by atoms with van der Waals surface area (Å²) in [6.45, 7) is 6.53. The van der Waals surface area contributed by atoms with Crippen molar-refractivity contribution in [2.24, 2.45) is 5.92 Å². The fourth-order valence-corrected chi connectivity index (χ4v) is 5.52. The Balaban J connectivity index is 1.82. The first kappa shape index (κ1) is 25.2. The van der Waals surface area contributed by atoms with Crippen LogP contribution in [-0.4, -0.2) is 42.5 Å². The molecule has 40 heavy (non-hydrogen) atoms. The molecule has 6 rings (SSSR count). The summed E-state index contributed by atoms with van der Waals surface area (Å²) in [5.41, 5.74) is -0.903. The highest BCUT2D eigenvalue weighted by atomic mass is 16.5. The molecular formula is C30H24O10. The second-order valence-electron chi connectivity index (χ2n) is 10.2. The molecule has 1 aliphatic rings. The second kappa shape index (κ2) is 8.19. The van der Waals surface area contributed by atoms with Crippen molar-refractivity contribution < 1.29 is 44.6 Å². The van der Waals surface area contributed by atoms with Gasteiger partial charge in [-0.25, -0.2) is 0 Å². The summed E-state index contributed by atoms with van der Waals surface area (Å²) in [7, 11) is 0. The van der Waals surface area contributed by atoms with Crippen molar-refractivity contribution in [1.82, 2.24) is 0 Å². The summed E-state index contributed by atoms with van der Waals surface area (Å²) in [6.07, 6.45) is -0.542. The Labute approximate surface area is 225 Å². The monoisotopic (exact) mass is 544 g/mol. The van der Waals surface area contributed by atoms with Crippen molar-refractivity contribution in [3.63, 3.8) is 0 Å². The van der Waals surface area contributed by atoms with Gasteiger partial charge in [0.05, 0.1) is 16.7 Å². The van der Waals surface area contributed by atoms with E-state index >= 15 is 0 Å². The van der Waals surface area contributed by atoms with Gasteiger partial charge in [-0.2, -0.15) is 0 Å². The molecular weight excluding hydrogens is 520 g/mol. The summed E-state index contributed by atoms with van der Waals surface area (Å²) >= 11 is 0. The number of carbonyl (C=O) groups excluding carboxylic acids is 1. The molecule has 0 bridgehead atoms. The molecule has 204 valence electrons. The lowest BCUT2D eigenvalue weighted by Crippen LogP contribution is -2.33. The second-order valence-corrected chi connectivity index (χ2v) is 10.2. The maximum Gasteiger partial charge on any atom is 0.190 e. The summed E-state index contributed by atoms with van der Waals surface area (Å²) in [6, 6.07) is 4.46. The molecule has 2 atom stereocenters. The number of aromatic hydroxyl groups is 6. The number of fused-ring (bicyclic) bond motifs is 4. The molecule has 0 fully saturated rings. The Hall–Kier alpha value is -5.12. The van der Waals surface area contributed by atoms with E-state index in [-0.39, 0.29) is 60.7 Å². The number of phenolic OH excluding ortho intramolecular Hbond substituents is 5. The van der Waals surface area contributed by atoms with Crippen molar-refractivity contribution in [3.8, 4) is 51.4 Å². The minimum absolute atomic E-state index is 0.00158. The van der Waals surface area contributed by atoms with Crippen LogP contribution in [0.2, 0.25) is 0 Å². The van der Waals surface area contributed by atoms with Gasteiger partial charge in [-0.1, -0.05) is 6.92 Å². The lowest BCUT2D eigenvalue weighted by Gasteiger charge is -2.29. The summed E-state index contributed by atoms with van der Waals surface area (Å²) in [5.74, 6) is -3.74. The Morgan fingerprint density at radius 1 is 0.675 bits per heavy atom. The summed E-state index contributed by atoms with van der Waals surface area (Å²) in [5, 5.41) is 65.0. The molecule has 10 heteroatoms. The van der Waals surface area contributed by atoms with Gasteiger partial charge in [0.2, 0.25) is 0 Å². The largest absolute Gasteiger partial charge is 0.507 e. The number of ketones is 1. The van der Waals surface area contributed by atoms with E-state index in [2.05, 4.69) is 0 Å². The molecule has 1 aromatic heterocycles. The molecule has 6 N–H and O–H groups in total. The molecule has 0 amide bonds. The zero-order valence-corrected chi connectivity index (χ0v) is 21.8. The Bertz CT molecular complexity index is 2040. The molecule has 0 saturated carbocycles. The lowest BCUT2D eigenvalue weighted by molar-refractivity contribution is 0.0726. The van der Waals surface area contributed by atoms with Crippen molar-refractivity contribution in [2.75, 3.05) is 0 Å². The molecule has 5 aromatic rings. The SMILES string of the molecule is Cc1oc2cc3c(-c4c(O)cc(O)c5c(O)c6c(cc45)OC(C)C(C)C6=O)c(=O)cc(O)c3c(O)c2c(O)c1C. The van der Waals surface area contributed by atoms with Crippen molar-refractivity contribution in [2.45, 2.75) is 33.8 Å². The molecule has 0 radical (unpaired) electrons. The van der Waals surface area contributed by atoms with E-state index < -0.39 is 52.0 Å². The molecule has 0 spiro atoms. The third kappa shape index (κ3) is 3.16. The molecule has 2 heterocycles. The average molecular weight is 545 g/mol. The minimum Gasteiger partial charge on any atom is -0.507 e. The van der Waals surface area contributed by atoms with Crippen molar-refractivity contribution in [1.29, 1.82) is 0 Å². The smallest absolute Gasteiger partial charge is 0.190 e. The molecule has 2 unspecified atom stereocenters. The highest BCUT2D eigenvalue weighted by Gasteiger charge is 2.36. The number of hydrogen-bond acceptors (Lipinski definition) is 10. The molecule has 0 aliphatic carbocycles. The van der Waals surface area contributed by atoms with Crippen LogP contribution in [0, 0.1) is 19.8 Å². The first-order chi connectivity index (χ1) is 18.8. The number of carbonyl (C=O) groups is 1. The van der Waals surface area contributed by atoms with Crippen LogP contribution < -0.4 is 10.2 Å². The van der Waals surface area contributed by atoms with Gasteiger partial charge in [-0.3, -0.25) is 9.59 Å². The predicted molar refractivity (Wildman–Crippen MR) is 146 cm³/mol. The number of Topliss-reactive ketones (excluding diaryl/α,β-unsaturated/α-hetero) is 1. The molecule has 0 saturated heterocycles. The topological polar surface area (TPSA) is 178 Å². The predicted octanol–water partition coefficient (Wildman–Crippen LogP) is 5.22. The molecule has 10 nitrogen and oxygen atoms in total. The lowest BCUT2D eigenvalue weighted by atomic mass is 9.86. The maximum atomic E-state index is 13.4. The van der Waals surface area contributed by atoms with Crippen LogP contribution in [0.4, 0.5) is 0 Å². The third-order valence-electron chi connectivity index (χ3n) is 7.93. The van der Waals surface area contributed by atoms with Crippen molar-refractivity contribution >= 4 is 38.3 Å². The van der Waals surface area contributed by atoms with Crippen LogP contribution in [-0.2, 0) is 0 Å². The van der Waals surface area contributed by atoms with E-state index in [1.165, 1.54) is 12.1 Å².